The van der Waals surface area contributed by atoms with E-state index in [1.54, 1.807) is 23.5 Å². The number of hydrogen-bond donors (Lipinski definition) is 1. The van der Waals surface area contributed by atoms with E-state index in [0.717, 1.165) is 5.56 Å². The lowest BCUT2D eigenvalue weighted by atomic mass is 10.3. The van der Waals surface area contributed by atoms with Crippen LogP contribution < -0.4 is 5.32 Å². The fourth-order valence-corrected chi connectivity index (χ4v) is 1.90. The molecule has 1 amide bonds. The molecule has 2 heterocycles. The van der Waals surface area contributed by atoms with Gasteiger partial charge in [0.2, 0.25) is 0 Å². The van der Waals surface area contributed by atoms with Crippen molar-refractivity contribution >= 4 is 11.7 Å². The van der Waals surface area contributed by atoms with E-state index in [1.807, 2.05) is 26.0 Å². The molecule has 0 saturated carbocycles. The van der Waals surface area contributed by atoms with Gasteiger partial charge in [-0.3, -0.25) is 9.78 Å². The summed E-state index contributed by atoms with van der Waals surface area (Å²) in [6.45, 7) is 5.86. The summed E-state index contributed by atoms with van der Waals surface area (Å²) in [5, 5.41) is 3.16. The third kappa shape index (κ3) is 3.98. The van der Waals surface area contributed by atoms with Crippen LogP contribution in [0.3, 0.4) is 0 Å². The second kappa shape index (κ2) is 7.33. The van der Waals surface area contributed by atoms with Crippen LogP contribution in [0.2, 0.25) is 0 Å². The zero-order chi connectivity index (χ0) is 15.1. The first-order valence-corrected chi connectivity index (χ1v) is 6.98. The number of hydrogen-bond acceptors (Lipinski definition) is 5. The molecule has 21 heavy (non-hydrogen) atoms. The van der Waals surface area contributed by atoms with E-state index in [9.17, 15) is 4.79 Å². The Balaban J connectivity index is 1.97. The van der Waals surface area contributed by atoms with Crippen molar-refractivity contribution in [2.45, 2.75) is 20.4 Å². The van der Waals surface area contributed by atoms with Crippen LogP contribution in [-0.2, 0) is 6.54 Å². The van der Waals surface area contributed by atoms with Gasteiger partial charge in [0, 0.05) is 32.0 Å². The van der Waals surface area contributed by atoms with E-state index in [1.165, 1.54) is 6.20 Å². The number of carbonyl (C=O) groups is 1. The van der Waals surface area contributed by atoms with E-state index < -0.39 is 0 Å². The molecular weight excluding hydrogens is 266 g/mol. The van der Waals surface area contributed by atoms with Crippen molar-refractivity contribution < 1.29 is 4.79 Å². The summed E-state index contributed by atoms with van der Waals surface area (Å²) in [7, 11) is 0. The molecule has 0 aliphatic carbocycles. The van der Waals surface area contributed by atoms with Gasteiger partial charge < -0.3 is 10.2 Å². The molecule has 6 heteroatoms. The first kappa shape index (κ1) is 14.9. The summed E-state index contributed by atoms with van der Waals surface area (Å²) in [5.74, 6) is 0.552. The molecule has 0 saturated heterocycles. The fraction of sp³-hybridized carbons (Fsp3) is 0.333. The summed E-state index contributed by atoms with van der Waals surface area (Å²) in [6.07, 6.45) is 6.58. The molecule has 2 aromatic rings. The van der Waals surface area contributed by atoms with Crippen LogP contribution in [0.5, 0.6) is 0 Å². The molecule has 0 aliphatic rings. The number of nitrogens with zero attached hydrogens (tertiary/aromatic N) is 4. The Labute approximate surface area is 124 Å². The largest absolute Gasteiger partial charge is 0.365 e. The van der Waals surface area contributed by atoms with Gasteiger partial charge in [-0.15, -0.1) is 0 Å². The van der Waals surface area contributed by atoms with E-state index >= 15 is 0 Å². The number of rotatable bonds is 6. The summed E-state index contributed by atoms with van der Waals surface area (Å²) in [6, 6.07) is 3.86. The number of nitrogens with one attached hydrogen (secondary N) is 1. The van der Waals surface area contributed by atoms with Crippen LogP contribution in [0, 0.1) is 0 Å². The highest BCUT2D eigenvalue weighted by molar-refractivity contribution is 5.92. The highest BCUT2D eigenvalue weighted by Crippen LogP contribution is 2.06. The highest BCUT2D eigenvalue weighted by atomic mass is 16.2. The van der Waals surface area contributed by atoms with Gasteiger partial charge in [0.25, 0.3) is 5.91 Å². The number of pyridine rings is 1. The molecule has 0 bridgehead atoms. The van der Waals surface area contributed by atoms with Gasteiger partial charge in [0.1, 0.15) is 11.5 Å². The molecule has 0 aromatic carbocycles. The maximum Gasteiger partial charge on any atom is 0.274 e. The fourth-order valence-electron chi connectivity index (χ4n) is 1.90. The minimum absolute atomic E-state index is 0.0896. The Hall–Kier alpha value is -2.50. The van der Waals surface area contributed by atoms with Gasteiger partial charge in [0.05, 0.1) is 12.4 Å². The Kier molecular flexibility index (Phi) is 5.20. The number of anilines is 1. The van der Waals surface area contributed by atoms with Crippen LogP contribution in [0.4, 0.5) is 5.82 Å². The highest BCUT2D eigenvalue weighted by Gasteiger charge is 2.13. The molecule has 2 aromatic heterocycles. The average molecular weight is 285 g/mol. The van der Waals surface area contributed by atoms with Crippen LogP contribution in [-0.4, -0.2) is 38.8 Å². The zero-order valence-corrected chi connectivity index (χ0v) is 12.3. The summed E-state index contributed by atoms with van der Waals surface area (Å²) < 4.78 is 0. The second-order valence-electron chi connectivity index (χ2n) is 4.47. The molecule has 1 N–H and O–H groups in total. The van der Waals surface area contributed by atoms with Crippen LogP contribution in [0.25, 0.3) is 0 Å². The van der Waals surface area contributed by atoms with Crippen molar-refractivity contribution in [3.8, 4) is 0 Å². The molecular formula is C15H19N5O. The molecule has 0 fully saturated rings. The Morgan fingerprint density at radius 1 is 1.14 bits per heavy atom. The number of aromatic nitrogens is 3. The monoisotopic (exact) mass is 285 g/mol. The zero-order valence-electron chi connectivity index (χ0n) is 12.3. The summed E-state index contributed by atoms with van der Waals surface area (Å²) >= 11 is 0. The molecule has 0 aliphatic heterocycles. The van der Waals surface area contributed by atoms with Crippen molar-refractivity contribution in [1.82, 2.24) is 19.9 Å². The van der Waals surface area contributed by atoms with E-state index in [4.69, 9.17) is 0 Å². The van der Waals surface area contributed by atoms with Crippen LogP contribution in [0.15, 0.2) is 36.9 Å². The van der Waals surface area contributed by atoms with Crippen LogP contribution in [0.1, 0.15) is 29.9 Å². The Morgan fingerprint density at radius 2 is 1.86 bits per heavy atom. The molecule has 0 unspecified atom stereocenters. The lowest BCUT2D eigenvalue weighted by Crippen LogP contribution is -2.31. The third-order valence-electron chi connectivity index (χ3n) is 3.14. The topological polar surface area (TPSA) is 71.0 Å². The number of carbonyl (C=O) groups excluding carboxylic acids is 1. The van der Waals surface area contributed by atoms with Crippen LogP contribution >= 0.6 is 0 Å². The van der Waals surface area contributed by atoms with Gasteiger partial charge in [-0.25, -0.2) is 9.97 Å². The smallest absolute Gasteiger partial charge is 0.274 e. The molecule has 6 nitrogen and oxygen atoms in total. The summed E-state index contributed by atoms with van der Waals surface area (Å²) in [4.78, 5) is 26.2. The maximum atomic E-state index is 12.1. The minimum Gasteiger partial charge on any atom is -0.365 e. The molecule has 2 rings (SSSR count). The lowest BCUT2D eigenvalue weighted by Gasteiger charge is -2.17. The first-order chi connectivity index (χ1) is 10.2. The predicted octanol–water partition coefficient (Wildman–Crippen LogP) is 1.97. The average Bonchev–Trinajstić information content (AvgIpc) is 2.55. The second-order valence-corrected chi connectivity index (χ2v) is 4.47. The van der Waals surface area contributed by atoms with Gasteiger partial charge in [0.15, 0.2) is 0 Å². The third-order valence-corrected chi connectivity index (χ3v) is 3.14. The van der Waals surface area contributed by atoms with Crippen molar-refractivity contribution in [2.75, 3.05) is 18.4 Å². The normalized spacial score (nSPS) is 10.2. The quantitative estimate of drug-likeness (QED) is 0.878. The van der Waals surface area contributed by atoms with Crippen molar-refractivity contribution in [3.63, 3.8) is 0 Å². The van der Waals surface area contributed by atoms with E-state index in [2.05, 4.69) is 20.3 Å². The molecule has 110 valence electrons. The van der Waals surface area contributed by atoms with Gasteiger partial charge in [-0.1, -0.05) is 0 Å². The number of amides is 1. The van der Waals surface area contributed by atoms with Gasteiger partial charge >= 0.3 is 0 Å². The predicted molar refractivity (Wildman–Crippen MR) is 80.8 cm³/mol. The standard InChI is InChI=1S/C15H19N5O/c1-3-20(4-2)15(21)13-10-19-14(11-17-13)18-9-12-5-7-16-8-6-12/h5-8,10-11H,3-4,9H2,1-2H3,(H,18,19). The maximum absolute atomic E-state index is 12.1. The van der Waals surface area contributed by atoms with E-state index in [-0.39, 0.29) is 5.91 Å². The Morgan fingerprint density at radius 3 is 2.43 bits per heavy atom. The van der Waals surface area contributed by atoms with Crippen molar-refractivity contribution in [3.05, 3.63) is 48.2 Å². The molecule has 0 atom stereocenters. The first-order valence-electron chi connectivity index (χ1n) is 6.98. The van der Waals surface area contributed by atoms with Crippen molar-refractivity contribution in [2.24, 2.45) is 0 Å². The van der Waals surface area contributed by atoms with Gasteiger partial charge in [-0.2, -0.15) is 0 Å². The Bertz CT molecular complexity index is 566. The summed E-state index contributed by atoms with van der Waals surface area (Å²) in [5.41, 5.74) is 1.48. The lowest BCUT2D eigenvalue weighted by molar-refractivity contribution is 0.0766. The SMILES string of the molecule is CCN(CC)C(=O)c1cnc(NCc2ccncc2)cn1. The van der Waals surface area contributed by atoms with Gasteiger partial charge in [-0.05, 0) is 31.5 Å². The van der Waals surface area contributed by atoms with E-state index in [0.29, 0.717) is 31.1 Å². The van der Waals surface area contributed by atoms with Crippen molar-refractivity contribution in [1.29, 1.82) is 0 Å². The molecule has 0 radical (unpaired) electrons. The molecule has 0 spiro atoms. The minimum atomic E-state index is -0.0896.